The van der Waals surface area contributed by atoms with Crippen LogP contribution < -0.4 is 11.3 Å². The van der Waals surface area contributed by atoms with Gasteiger partial charge in [0.1, 0.15) is 5.82 Å². The van der Waals surface area contributed by atoms with E-state index in [1.54, 1.807) is 10.7 Å². The van der Waals surface area contributed by atoms with Gasteiger partial charge < -0.3 is 0 Å². The predicted octanol–water partition coefficient (Wildman–Crippen LogP) is 1.98. The van der Waals surface area contributed by atoms with Crippen molar-refractivity contribution in [1.29, 1.82) is 0 Å². The van der Waals surface area contributed by atoms with Gasteiger partial charge in [-0.05, 0) is 36.6 Å². The van der Waals surface area contributed by atoms with E-state index in [4.69, 9.17) is 5.84 Å². The van der Waals surface area contributed by atoms with Crippen molar-refractivity contribution in [2.24, 2.45) is 12.9 Å². The van der Waals surface area contributed by atoms with Crippen LogP contribution in [0, 0.1) is 12.7 Å². The fraction of sp³-hybridized carbons (Fsp3) is 0.357. The molecule has 0 aliphatic rings. The van der Waals surface area contributed by atoms with Crippen LogP contribution in [0.1, 0.15) is 35.3 Å². The van der Waals surface area contributed by atoms with Gasteiger partial charge in [-0.3, -0.25) is 10.5 Å². The van der Waals surface area contributed by atoms with Crippen molar-refractivity contribution >= 4 is 0 Å². The highest BCUT2D eigenvalue weighted by Crippen LogP contribution is 2.27. The Morgan fingerprint density at radius 2 is 2.16 bits per heavy atom. The molecule has 1 aromatic carbocycles. The van der Waals surface area contributed by atoms with Gasteiger partial charge in [-0.2, -0.15) is 5.10 Å². The Morgan fingerprint density at radius 3 is 2.79 bits per heavy atom. The summed E-state index contributed by atoms with van der Waals surface area (Å²) in [5.41, 5.74) is 6.56. The molecule has 1 unspecified atom stereocenters. The third kappa shape index (κ3) is 2.67. The molecule has 0 saturated heterocycles. The first-order chi connectivity index (χ1) is 9.06. The molecule has 0 bridgehead atoms. The molecule has 4 nitrogen and oxygen atoms in total. The van der Waals surface area contributed by atoms with Gasteiger partial charge in [-0.1, -0.05) is 13.0 Å². The van der Waals surface area contributed by atoms with E-state index >= 15 is 0 Å². The Bertz CT molecular complexity index is 577. The second-order valence-electron chi connectivity index (χ2n) is 4.66. The minimum absolute atomic E-state index is 0.251. The van der Waals surface area contributed by atoms with Crippen LogP contribution in [-0.4, -0.2) is 9.78 Å². The molecule has 0 aliphatic carbocycles. The van der Waals surface area contributed by atoms with Crippen LogP contribution in [0.15, 0.2) is 24.4 Å². The van der Waals surface area contributed by atoms with Gasteiger partial charge in [-0.15, -0.1) is 0 Å². The number of rotatable bonds is 4. The van der Waals surface area contributed by atoms with Gasteiger partial charge in [-0.25, -0.2) is 9.82 Å². The number of nitrogens with zero attached hydrogens (tertiary/aromatic N) is 2. The largest absolute Gasteiger partial charge is 0.275 e. The summed E-state index contributed by atoms with van der Waals surface area (Å²) in [6.45, 7) is 3.99. The first-order valence-electron chi connectivity index (χ1n) is 6.31. The van der Waals surface area contributed by atoms with Crippen molar-refractivity contribution in [2.45, 2.75) is 26.3 Å². The van der Waals surface area contributed by atoms with E-state index in [9.17, 15) is 4.39 Å². The standard InChI is InChI=1S/C14H19FN4/c1-4-13-12(8-19(3)18-13)14(17-16)11-7-10(15)6-5-9(11)2/h5-8,14,17H,4,16H2,1-3H3. The minimum Gasteiger partial charge on any atom is -0.275 e. The molecule has 1 atom stereocenters. The first kappa shape index (κ1) is 13.7. The number of hydrazine groups is 1. The first-order valence-corrected chi connectivity index (χ1v) is 6.31. The zero-order chi connectivity index (χ0) is 14.0. The van der Waals surface area contributed by atoms with Gasteiger partial charge in [0.25, 0.3) is 0 Å². The average Bonchev–Trinajstić information content (AvgIpc) is 2.76. The van der Waals surface area contributed by atoms with E-state index in [0.717, 1.165) is 28.8 Å². The van der Waals surface area contributed by atoms with E-state index in [-0.39, 0.29) is 11.9 Å². The second kappa shape index (κ2) is 5.50. The summed E-state index contributed by atoms with van der Waals surface area (Å²) in [5.74, 6) is 5.42. The highest BCUT2D eigenvalue weighted by Gasteiger charge is 2.20. The van der Waals surface area contributed by atoms with Crippen LogP contribution in [0.5, 0.6) is 0 Å². The maximum absolute atomic E-state index is 13.5. The average molecular weight is 262 g/mol. The molecule has 2 aromatic rings. The van der Waals surface area contributed by atoms with Crippen molar-refractivity contribution in [3.05, 3.63) is 52.6 Å². The number of benzene rings is 1. The van der Waals surface area contributed by atoms with Crippen molar-refractivity contribution in [2.75, 3.05) is 0 Å². The van der Waals surface area contributed by atoms with E-state index in [1.807, 2.05) is 27.1 Å². The molecule has 0 radical (unpaired) electrons. The van der Waals surface area contributed by atoms with E-state index < -0.39 is 0 Å². The normalized spacial score (nSPS) is 12.7. The molecule has 0 amide bonds. The third-order valence-electron chi connectivity index (χ3n) is 3.30. The van der Waals surface area contributed by atoms with Crippen molar-refractivity contribution in [1.82, 2.24) is 15.2 Å². The topological polar surface area (TPSA) is 55.9 Å². The lowest BCUT2D eigenvalue weighted by Crippen LogP contribution is -2.30. The molecule has 0 saturated carbocycles. The lowest BCUT2D eigenvalue weighted by molar-refractivity contribution is 0.600. The van der Waals surface area contributed by atoms with Crippen LogP contribution in [0.4, 0.5) is 4.39 Å². The highest BCUT2D eigenvalue weighted by atomic mass is 19.1. The van der Waals surface area contributed by atoms with Crippen LogP contribution in [0.3, 0.4) is 0 Å². The van der Waals surface area contributed by atoms with Crippen LogP contribution in [0.2, 0.25) is 0 Å². The molecule has 1 aromatic heterocycles. The quantitative estimate of drug-likeness (QED) is 0.654. The van der Waals surface area contributed by atoms with E-state index in [1.165, 1.54) is 12.1 Å². The van der Waals surface area contributed by atoms with Gasteiger partial charge >= 0.3 is 0 Å². The Kier molecular flexibility index (Phi) is 3.97. The molecule has 102 valence electrons. The maximum atomic E-state index is 13.5. The molecule has 2 rings (SSSR count). The van der Waals surface area contributed by atoms with Crippen LogP contribution in [-0.2, 0) is 13.5 Å². The second-order valence-corrected chi connectivity index (χ2v) is 4.66. The SMILES string of the molecule is CCc1nn(C)cc1C(NN)c1cc(F)ccc1C. The fourth-order valence-corrected chi connectivity index (χ4v) is 2.34. The van der Waals surface area contributed by atoms with Gasteiger partial charge in [0.05, 0.1) is 11.7 Å². The molecule has 5 heteroatoms. The summed E-state index contributed by atoms with van der Waals surface area (Å²) in [7, 11) is 1.87. The zero-order valence-corrected chi connectivity index (χ0v) is 11.4. The number of hydrogen-bond acceptors (Lipinski definition) is 3. The summed E-state index contributed by atoms with van der Waals surface area (Å²) >= 11 is 0. The molecule has 3 N–H and O–H groups in total. The summed E-state index contributed by atoms with van der Waals surface area (Å²) in [4.78, 5) is 0. The number of aromatic nitrogens is 2. The van der Waals surface area contributed by atoms with Gasteiger partial charge in [0.2, 0.25) is 0 Å². The Balaban J connectivity index is 2.52. The molecule has 0 spiro atoms. The number of nitrogens with one attached hydrogen (secondary N) is 1. The molecule has 19 heavy (non-hydrogen) atoms. The molecular weight excluding hydrogens is 243 g/mol. The lowest BCUT2D eigenvalue weighted by atomic mass is 9.95. The smallest absolute Gasteiger partial charge is 0.123 e. The van der Waals surface area contributed by atoms with Crippen molar-refractivity contribution in [3.8, 4) is 0 Å². The molecular formula is C14H19FN4. The monoisotopic (exact) mass is 262 g/mol. The fourth-order valence-electron chi connectivity index (χ4n) is 2.34. The van der Waals surface area contributed by atoms with Crippen LogP contribution >= 0.6 is 0 Å². The number of halogens is 1. The summed E-state index contributed by atoms with van der Waals surface area (Å²) in [6.07, 6.45) is 2.73. The number of nitrogens with two attached hydrogens (primary N) is 1. The van der Waals surface area contributed by atoms with Gasteiger partial charge in [0, 0.05) is 18.8 Å². The zero-order valence-electron chi connectivity index (χ0n) is 11.4. The summed E-state index contributed by atoms with van der Waals surface area (Å²) in [5, 5.41) is 4.40. The summed E-state index contributed by atoms with van der Waals surface area (Å²) < 4.78 is 15.2. The highest BCUT2D eigenvalue weighted by molar-refractivity contribution is 5.38. The van der Waals surface area contributed by atoms with E-state index in [2.05, 4.69) is 10.5 Å². The number of aryl methyl sites for hydroxylation is 3. The predicted molar refractivity (Wildman–Crippen MR) is 72.9 cm³/mol. The number of hydrogen-bond donors (Lipinski definition) is 2. The Hall–Kier alpha value is -1.72. The molecule has 0 aliphatic heterocycles. The van der Waals surface area contributed by atoms with Crippen molar-refractivity contribution in [3.63, 3.8) is 0 Å². The molecule has 0 fully saturated rings. The summed E-state index contributed by atoms with van der Waals surface area (Å²) in [6, 6.07) is 4.49. The Labute approximate surface area is 112 Å². The lowest BCUT2D eigenvalue weighted by Gasteiger charge is -2.18. The van der Waals surface area contributed by atoms with Crippen LogP contribution in [0.25, 0.3) is 0 Å². The molecule has 1 heterocycles. The Morgan fingerprint density at radius 1 is 1.42 bits per heavy atom. The third-order valence-corrected chi connectivity index (χ3v) is 3.30. The van der Waals surface area contributed by atoms with E-state index in [0.29, 0.717) is 0 Å². The van der Waals surface area contributed by atoms with Crippen molar-refractivity contribution < 1.29 is 4.39 Å². The minimum atomic E-state index is -0.261. The van der Waals surface area contributed by atoms with Gasteiger partial charge in [0.15, 0.2) is 0 Å². The maximum Gasteiger partial charge on any atom is 0.123 e.